The van der Waals surface area contributed by atoms with Crippen LogP contribution in [-0.2, 0) is 0 Å². The van der Waals surface area contributed by atoms with Gasteiger partial charge in [-0.05, 0) is 12.1 Å². The summed E-state index contributed by atoms with van der Waals surface area (Å²) in [5, 5.41) is 3.27. The van der Waals surface area contributed by atoms with Gasteiger partial charge in [-0.2, -0.15) is 0 Å². The molecule has 1 aromatic rings. The smallest absolute Gasteiger partial charge is 0.203 e. The fraction of sp³-hybridized carbons (Fsp3) is 0.600. The van der Waals surface area contributed by atoms with Gasteiger partial charge in [0.25, 0.3) is 0 Å². The highest BCUT2D eigenvalue weighted by Crippen LogP contribution is 2.43. The molecule has 1 aliphatic rings. The van der Waals surface area contributed by atoms with Gasteiger partial charge in [0.05, 0.1) is 27.4 Å². The molecule has 1 aromatic carbocycles. The largest absolute Gasteiger partial charge is 0.493 e. The molecule has 1 saturated heterocycles. The zero-order chi connectivity index (χ0) is 15.2. The van der Waals surface area contributed by atoms with Gasteiger partial charge in [-0.15, -0.1) is 12.4 Å². The lowest BCUT2D eigenvalue weighted by Crippen LogP contribution is -2.45. The van der Waals surface area contributed by atoms with Crippen molar-refractivity contribution in [3.8, 4) is 17.2 Å². The van der Waals surface area contributed by atoms with E-state index in [2.05, 4.69) is 10.2 Å². The van der Waals surface area contributed by atoms with Gasteiger partial charge in [-0.25, -0.2) is 4.39 Å². The Hall–Kier alpha value is -1.24. The summed E-state index contributed by atoms with van der Waals surface area (Å²) in [7, 11) is 4.69. The molecule has 0 amide bonds. The first-order chi connectivity index (χ1) is 10.3. The van der Waals surface area contributed by atoms with Crippen molar-refractivity contribution in [1.82, 2.24) is 10.2 Å². The van der Waals surface area contributed by atoms with Crippen LogP contribution < -0.4 is 19.5 Å². The minimum atomic E-state index is -0.466. The molecule has 22 heavy (non-hydrogen) atoms. The maximum absolute atomic E-state index is 13.7. The van der Waals surface area contributed by atoms with Crippen LogP contribution in [-0.4, -0.2) is 59.1 Å². The summed E-state index contributed by atoms with van der Waals surface area (Å²) in [5.74, 6) is 1.63. The summed E-state index contributed by atoms with van der Waals surface area (Å²) in [5.41, 5.74) is 0.791. The normalized spacial score (nSPS) is 16.5. The molecule has 7 heteroatoms. The third-order valence-electron chi connectivity index (χ3n) is 3.83. The first-order valence-corrected chi connectivity index (χ1v) is 7.06. The molecule has 5 nitrogen and oxygen atoms in total. The van der Waals surface area contributed by atoms with E-state index in [0.717, 1.165) is 31.7 Å². The van der Waals surface area contributed by atoms with Gasteiger partial charge in [0.1, 0.15) is 6.67 Å². The number of piperazine rings is 1. The summed E-state index contributed by atoms with van der Waals surface area (Å²) in [6.45, 7) is 2.89. The van der Waals surface area contributed by atoms with E-state index in [0.29, 0.717) is 17.2 Å². The molecular formula is C15H24ClFN2O3. The van der Waals surface area contributed by atoms with E-state index in [4.69, 9.17) is 14.2 Å². The maximum atomic E-state index is 13.7. The Morgan fingerprint density at radius 1 is 1.09 bits per heavy atom. The van der Waals surface area contributed by atoms with Crippen LogP contribution in [0.15, 0.2) is 12.1 Å². The Labute approximate surface area is 137 Å². The van der Waals surface area contributed by atoms with Gasteiger partial charge in [-0.3, -0.25) is 4.90 Å². The Balaban J connectivity index is 0.00000242. The fourth-order valence-corrected chi connectivity index (χ4v) is 2.76. The Bertz CT molecular complexity index is 470. The predicted molar refractivity (Wildman–Crippen MR) is 86.5 cm³/mol. The monoisotopic (exact) mass is 334 g/mol. The van der Waals surface area contributed by atoms with Crippen molar-refractivity contribution in [2.45, 2.75) is 6.04 Å². The number of hydrogen-bond acceptors (Lipinski definition) is 5. The highest BCUT2D eigenvalue weighted by atomic mass is 35.5. The van der Waals surface area contributed by atoms with Crippen molar-refractivity contribution in [3.63, 3.8) is 0 Å². The molecule has 1 aliphatic heterocycles. The van der Waals surface area contributed by atoms with Crippen molar-refractivity contribution in [1.29, 1.82) is 0 Å². The second-order valence-electron chi connectivity index (χ2n) is 4.88. The lowest BCUT2D eigenvalue weighted by atomic mass is 10.0. The number of ether oxygens (including phenoxy) is 3. The van der Waals surface area contributed by atoms with Gasteiger partial charge >= 0.3 is 0 Å². The Morgan fingerprint density at radius 2 is 1.73 bits per heavy atom. The summed E-state index contributed by atoms with van der Waals surface area (Å²) in [4.78, 5) is 2.13. The molecule has 126 valence electrons. The molecule has 0 bridgehead atoms. The van der Waals surface area contributed by atoms with Gasteiger partial charge in [0.15, 0.2) is 11.5 Å². The zero-order valence-corrected chi connectivity index (χ0v) is 14.0. The molecule has 0 radical (unpaired) electrons. The van der Waals surface area contributed by atoms with Crippen LogP contribution in [0.2, 0.25) is 0 Å². The van der Waals surface area contributed by atoms with Crippen LogP contribution in [0.1, 0.15) is 11.6 Å². The molecule has 1 heterocycles. The number of rotatable bonds is 6. The second kappa shape index (κ2) is 9.02. The van der Waals surface area contributed by atoms with Crippen LogP contribution in [0.5, 0.6) is 17.2 Å². The van der Waals surface area contributed by atoms with Crippen molar-refractivity contribution in [3.05, 3.63) is 17.7 Å². The van der Waals surface area contributed by atoms with Crippen LogP contribution in [0.3, 0.4) is 0 Å². The third kappa shape index (κ3) is 3.74. The minimum Gasteiger partial charge on any atom is -0.493 e. The zero-order valence-electron chi connectivity index (χ0n) is 13.2. The first-order valence-electron chi connectivity index (χ1n) is 7.06. The molecule has 0 saturated carbocycles. The number of alkyl halides is 1. The van der Waals surface area contributed by atoms with Crippen molar-refractivity contribution >= 4 is 12.4 Å². The van der Waals surface area contributed by atoms with Gasteiger partial charge in [0.2, 0.25) is 5.75 Å². The number of nitrogens with one attached hydrogen (secondary N) is 1. The summed E-state index contributed by atoms with van der Waals surface area (Å²) >= 11 is 0. The highest BCUT2D eigenvalue weighted by Gasteiger charge is 2.27. The highest BCUT2D eigenvalue weighted by molar-refractivity contribution is 5.85. The number of halogens is 2. The van der Waals surface area contributed by atoms with Gasteiger partial charge < -0.3 is 19.5 Å². The third-order valence-corrected chi connectivity index (χ3v) is 3.83. The molecule has 1 fully saturated rings. The van der Waals surface area contributed by atoms with E-state index < -0.39 is 6.67 Å². The fourth-order valence-electron chi connectivity index (χ4n) is 2.76. The van der Waals surface area contributed by atoms with E-state index in [1.54, 1.807) is 27.4 Å². The molecule has 0 aromatic heterocycles. The molecule has 2 rings (SSSR count). The minimum absolute atomic E-state index is 0. The molecular weight excluding hydrogens is 311 g/mol. The lowest BCUT2D eigenvalue weighted by Gasteiger charge is -2.34. The van der Waals surface area contributed by atoms with Crippen molar-refractivity contribution in [2.24, 2.45) is 0 Å². The number of methoxy groups -OCH3 is 3. The van der Waals surface area contributed by atoms with Crippen LogP contribution in [0, 0.1) is 0 Å². The number of hydrogen-bond donors (Lipinski definition) is 1. The van der Waals surface area contributed by atoms with Crippen molar-refractivity contribution in [2.75, 3.05) is 54.2 Å². The van der Waals surface area contributed by atoms with Gasteiger partial charge in [-0.1, -0.05) is 0 Å². The standard InChI is InChI=1S/C15H23FN2O3.ClH/c1-19-13-5-4-11(14(20-2)15(13)21-3)12(10-16)18-8-6-17-7-9-18;/h4-5,12,17H,6-10H2,1-3H3;1H/t12-;/m0./s1. The predicted octanol–water partition coefficient (Wildman–Crippen LogP) is 2.05. The molecule has 0 spiro atoms. The maximum Gasteiger partial charge on any atom is 0.203 e. The first kappa shape index (κ1) is 18.8. The van der Waals surface area contributed by atoms with E-state index in [9.17, 15) is 4.39 Å². The average molecular weight is 335 g/mol. The topological polar surface area (TPSA) is 43.0 Å². The average Bonchev–Trinajstić information content (AvgIpc) is 2.55. The Morgan fingerprint density at radius 3 is 2.23 bits per heavy atom. The summed E-state index contributed by atoms with van der Waals surface area (Å²) < 4.78 is 29.8. The van der Waals surface area contributed by atoms with Crippen LogP contribution in [0.4, 0.5) is 4.39 Å². The molecule has 0 unspecified atom stereocenters. The Kier molecular flexibility index (Phi) is 7.72. The molecule has 1 N–H and O–H groups in total. The lowest BCUT2D eigenvalue weighted by molar-refractivity contribution is 0.144. The van der Waals surface area contributed by atoms with E-state index >= 15 is 0 Å². The number of nitrogens with zero attached hydrogens (tertiary/aromatic N) is 1. The number of benzene rings is 1. The van der Waals surface area contributed by atoms with Crippen LogP contribution >= 0.6 is 12.4 Å². The van der Waals surface area contributed by atoms with E-state index in [-0.39, 0.29) is 18.4 Å². The van der Waals surface area contributed by atoms with Gasteiger partial charge in [0, 0.05) is 31.7 Å². The second-order valence-corrected chi connectivity index (χ2v) is 4.88. The van der Waals surface area contributed by atoms with Crippen LogP contribution in [0.25, 0.3) is 0 Å². The van der Waals surface area contributed by atoms with E-state index in [1.165, 1.54) is 0 Å². The summed E-state index contributed by atoms with van der Waals surface area (Å²) in [6.07, 6.45) is 0. The van der Waals surface area contributed by atoms with E-state index in [1.807, 2.05) is 6.07 Å². The molecule has 1 atom stereocenters. The molecule has 0 aliphatic carbocycles. The van der Waals surface area contributed by atoms with Crippen molar-refractivity contribution < 1.29 is 18.6 Å². The quantitative estimate of drug-likeness (QED) is 0.862. The SMILES string of the molecule is COc1ccc([C@H](CF)N2CCNCC2)c(OC)c1OC.Cl. The summed E-state index contributed by atoms with van der Waals surface area (Å²) in [6, 6.07) is 3.32.